The fourth-order valence-electron chi connectivity index (χ4n) is 1.99. The highest BCUT2D eigenvalue weighted by atomic mass is 16.4. The maximum Gasteiger partial charge on any atom is 0.337 e. The quantitative estimate of drug-likeness (QED) is 0.718. The van der Waals surface area contributed by atoms with Gasteiger partial charge in [-0.1, -0.05) is 6.07 Å². The Hall–Kier alpha value is -2.57. The Bertz CT molecular complexity index is 699. The lowest BCUT2D eigenvalue weighted by Gasteiger charge is -2.02. The van der Waals surface area contributed by atoms with Crippen molar-refractivity contribution >= 4 is 22.9 Å². The first kappa shape index (κ1) is 12.9. The average Bonchev–Trinajstić information content (AvgIpc) is 2.65. The number of aromatic amines is 1. The number of H-pyrrole nitrogens is 1. The molecule has 2 aromatic rings. The van der Waals surface area contributed by atoms with E-state index >= 15 is 0 Å². The number of aromatic carboxylic acids is 1. The van der Waals surface area contributed by atoms with Crippen LogP contribution in [0.15, 0.2) is 23.0 Å². The second-order valence-electron chi connectivity index (χ2n) is 4.16. The number of amides is 1. The smallest absolute Gasteiger partial charge is 0.337 e. The van der Waals surface area contributed by atoms with Gasteiger partial charge in [-0.15, -0.1) is 0 Å². The monoisotopic (exact) mass is 263 g/mol. The summed E-state index contributed by atoms with van der Waals surface area (Å²) in [6, 6.07) is 4.65. The summed E-state index contributed by atoms with van der Waals surface area (Å²) in [4.78, 5) is 36.0. The maximum atomic E-state index is 11.8. The third-order valence-corrected chi connectivity index (χ3v) is 2.85. The first-order chi connectivity index (χ1) is 9.00. The topological polar surface area (TPSA) is 118 Å². The zero-order chi connectivity index (χ0) is 14.0. The number of para-hydroxylation sites is 1. The maximum absolute atomic E-state index is 11.8. The number of fused-ring (bicyclic) bond motifs is 1. The Morgan fingerprint density at radius 3 is 2.74 bits per heavy atom. The number of hydrogen-bond acceptors (Lipinski definition) is 3. The fourth-order valence-corrected chi connectivity index (χ4v) is 1.99. The van der Waals surface area contributed by atoms with E-state index in [2.05, 4.69) is 4.98 Å². The molecule has 0 spiro atoms. The Balaban J connectivity index is 2.42. The molecular weight excluding hydrogens is 250 g/mol. The molecule has 100 valence electrons. The Kier molecular flexibility index (Phi) is 3.37. The van der Waals surface area contributed by atoms with E-state index in [1.165, 1.54) is 10.6 Å². The first-order valence-corrected chi connectivity index (χ1v) is 5.74. The number of carboxylic acid groups (broad SMARTS) is 1. The van der Waals surface area contributed by atoms with E-state index in [-0.39, 0.29) is 12.0 Å². The molecule has 19 heavy (non-hydrogen) atoms. The van der Waals surface area contributed by atoms with Crippen LogP contribution in [0.4, 0.5) is 0 Å². The summed E-state index contributed by atoms with van der Waals surface area (Å²) in [5.41, 5.74) is 5.48. The van der Waals surface area contributed by atoms with Gasteiger partial charge in [0.1, 0.15) is 0 Å². The SMILES string of the molecule is NC(=O)CCCn1c(=O)[nH]c2c(C(=O)O)cccc21. The normalized spacial score (nSPS) is 10.7. The lowest BCUT2D eigenvalue weighted by Crippen LogP contribution is -2.18. The largest absolute Gasteiger partial charge is 0.478 e. The molecular formula is C12H13N3O4. The molecule has 0 aliphatic heterocycles. The summed E-state index contributed by atoms with van der Waals surface area (Å²) in [6.07, 6.45) is 0.608. The van der Waals surface area contributed by atoms with Gasteiger partial charge >= 0.3 is 11.7 Å². The van der Waals surface area contributed by atoms with Gasteiger partial charge in [0, 0.05) is 13.0 Å². The lowest BCUT2D eigenvalue weighted by atomic mass is 10.2. The molecule has 2 rings (SSSR count). The molecule has 0 atom stereocenters. The molecule has 0 radical (unpaired) electrons. The molecule has 0 aliphatic rings. The number of nitrogens with two attached hydrogens (primary N) is 1. The summed E-state index contributed by atoms with van der Waals surface area (Å²) in [5.74, 6) is -1.53. The Labute approximate surface area is 107 Å². The van der Waals surface area contributed by atoms with Crippen LogP contribution in [0, 0.1) is 0 Å². The minimum absolute atomic E-state index is 0.0447. The number of imidazole rings is 1. The van der Waals surface area contributed by atoms with Crippen molar-refractivity contribution in [2.45, 2.75) is 19.4 Å². The van der Waals surface area contributed by atoms with Crippen molar-refractivity contribution in [1.29, 1.82) is 0 Å². The Morgan fingerprint density at radius 1 is 1.37 bits per heavy atom. The van der Waals surface area contributed by atoms with Crippen molar-refractivity contribution in [3.05, 3.63) is 34.2 Å². The minimum Gasteiger partial charge on any atom is -0.478 e. The second-order valence-corrected chi connectivity index (χ2v) is 4.16. The molecule has 0 unspecified atom stereocenters. The summed E-state index contributed by atoms with van der Waals surface area (Å²) in [5, 5.41) is 9.04. The number of rotatable bonds is 5. The highest BCUT2D eigenvalue weighted by Gasteiger charge is 2.13. The van der Waals surface area contributed by atoms with Crippen LogP contribution in [0.3, 0.4) is 0 Å². The van der Waals surface area contributed by atoms with Gasteiger partial charge in [-0.25, -0.2) is 9.59 Å². The standard InChI is InChI=1S/C12H13N3O4/c13-9(16)5-2-6-15-8-4-1-3-7(11(17)18)10(8)14-12(15)19/h1,3-4H,2,5-6H2,(H2,13,16)(H,14,19)(H,17,18). The molecule has 0 fully saturated rings. The van der Waals surface area contributed by atoms with Gasteiger partial charge in [0.15, 0.2) is 0 Å². The number of aromatic nitrogens is 2. The predicted octanol–water partition coefficient (Wildman–Crippen LogP) is 0.293. The molecule has 1 heterocycles. The van der Waals surface area contributed by atoms with E-state index in [1.54, 1.807) is 12.1 Å². The molecule has 4 N–H and O–H groups in total. The van der Waals surface area contributed by atoms with Gasteiger partial charge in [-0.05, 0) is 18.6 Å². The molecule has 0 saturated heterocycles. The summed E-state index contributed by atoms with van der Waals surface area (Å²) in [7, 11) is 0. The molecule has 1 amide bonds. The van der Waals surface area contributed by atoms with Crippen LogP contribution >= 0.6 is 0 Å². The summed E-state index contributed by atoms with van der Waals surface area (Å²) in [6.45, 7) is 0.310. The number of primary amides is 1. The van der Waals surface area contributed by atoms with Crippen LogP contribution < -0.4 is 11.4 Å². The molecule has 1 aromatic heterocycles. The zero-order valence-corrected chi connectivity index (χ0v) is 10.0. The van der Waals surface area contributed by atoms with Crippen LogP contribution in [0.25, 0.3) is 11.0 Å². The van der Waals surface area contributed by atoms with Gasteiger partial charge < -0.3 is 15.8 Å². The van der Waals surface area contributed by atoms with Crippen molar-refractivity contribution in [3.8, 4) is 0 Å². The molecule has 7 nitrogen and oxygen atoms in total. The number of aryl methyl sites for hydroxylation is 1. The molecule has 7 heteroatoms. The van der Waals surface area contributed by atoms with Crippen molar-refractivity contribution in [1.82, 2.24) is 9.55 Å². The first-order valence-electron chi connectivity index (χ1n) is 5.74. The fraction of sp³-hybridized carbons (Fsp3) is 0.250. The highest BCUT2D eigenvalue weighted by Crippen LogP contribution is 2.15. The number of carbonyl (C=O) groups excluding carboxylic acids is 1. The zero-order valence-electron chi connectivity index (χ0n) is 10.0. The van der Waals surface area contributed by atoms with Gasteiger partial charge in [-0.3, -0.25) is 9.36 Å². The van der Waals surface area contributed by atoms with Crippen LogP contribution in [0.1, 0.15) is 23.2 Å². The van der Waals surface area contributed by atoms with E-state index in [4.69, 9.17) is 10.8 Å². The number of carboxylic acids is 1. The number of benzene rings is 1. The molecule has 0 aliphatic carbocycles. The van der Waals surface area contributed by atoms with Crippen molar-refractivity contribution in [3.63, 3.8) is 0 Å². The van der Waals surface area contributed by atoms with E-state index in [9.17, 15) is 14.4 Å². The molecule has 0 bridgehead atoms. The third kappa shape index (κ3) is 2.49. The summed E-state index contributed by atoms with van der Waals surface area (Å²) >= 11 is 0. The highest BCUT2D eigenvalue weighted by molar-refractivity contribution is 6.00. The Morgan fingerprint density at radius 2 is 2.11 bits per heavy atom. The van der Waals surface area contributed by atoms with E-state index in [1.807, 2.05) is 0 Å². The van der Waals surface area contributed by atoms with Crippen molar-refractivity contribution < 1.29 is 14.7 Å². The van der Waals surface area contributed by atoms with E-state index in [0.717, 1.165) is 0 Å². The molecule has 0 saturated carbocycles. The van der Waals surface area contributed by atoms with Crippen LogP contribution in [-0.2, 0) is 11.3 Å². The van der Waals surface area contributed by atoms with Gasteiger partial charge in [0.05, 0.1) is 16.6 Å². The van der Waals surface area contributed by atoms with Crippen LogP contribution in [-0.4, -0.2) is 26.5 Å². The number of hydrogen-bond donors (Lipinski definition) is 3. The van der Waals surface area contributed by atoms with Crippen LogP contribution in [0.5, 0.6) is 0 Å². The number of carbonyl (C=O) groups is 2. The summed E-state index contributed by atoms with van der Waals surface area (Å²) < 4.78 is 1.41. The number of nitrogens with one attached hydrogen (secondary N) is 1. The van der Waals surface area contributed by atoms with Crippen molar-refractivity contribution in [2.75, 3.05) is 0 Å². The van der Waals surface area contributed by atoms with E-state index in [0.29, 0.717) is 24.0 Å². The lowest BCUT2D eigenvalue weighted by molar-refractivity contribution is -0.118. The predicted molar refractivity (Wildman–Crippen MR) is 67.9 cm³/mol. The molecule has 1 aromatic carbocycles. The van der Waals surface area contributed by atoms with Gasteiger partial charge in [0.2, 0.25) is 5.91 Å². The second kappa shape index (κ2) is 4.97. The van der Waals surface area contributed by atoms with E-state index < -0.39 is 17.6 Å². The third-order valence-electron chi connectivity index (χ3n) is 2.85. The minimum atomic E-state index is -1.10. The van der Waals surface area contributed by atoms with Gasteiger partial charge in [0.25, 0.3) is 0 Å². The van der Waals surface area contributed by atoms with Gasteiger partial charge in [-0.2, -0.15) is 0 Å². The average molecular weight is 263 g/mol. The van der Waals surface area contributed by atoms with Crippen LogP contribution in [0.2, 0.25) is 0 Å². The number of nitrogens with zero attached hydrogens (tertiary/aromatic N) is 1. The van der Waals surface area contributed by atoms with Crippen molar-refractivity contribution in [2.24, 2.45) is 5.73 Å².